The largest absolute Gasteiger partial charge is 0.394 e. The lowest BCUT2D eigenvalue weighted by Crippen LogP contribution is -2.15. The molecular weight excluding hydrogens is 520 g/mol. The van der Waals surface area contributed by atoms with Gasteiger partial charge in [-0.2, -0.15) is 0 Å². The molecule has 206 valence electrons. The molecule has 11 nitrogen and oxygen atoms in total. The quantitative estimate of drug-likeness (QED) is 0.0939. The molecule has 0 radical (unpaired) electrons. The number of aliphatic hydroxyl groups excluding tert-OH is 1. The van der Waals surface area contributed by atoms with Gasteiger partial charge in [0, 0.05) is 5.33 Å². The highest BCUT2D eigenvalue weighted by atomic mass is 79.9. The van der Waals surface area contributed by atoms with Crippen molar-refractivity contribution in [3.63, 3.8) is 0 Å². The minimum absolute atomic E-state index is 0.0295. The number of rotatable bonds is 31. The first kappa shape index (κ1) is 34.0. The van der Waals surface area contributed by atoms with Crippen LogP contribution >= 0.6 is 15.9 Å². The molecule has 0 aromatic carbocycles. The molecule has 0 aliphatic rings. The van der Waals surface area contributed by atoms with Crippen molar-refractivity contribution < 1.29 is 52.5 Å². The Labute approximate surface area is 212 Å². The molecule has 0 rings (SSSR count). The lowest BCUT2D eigenvalue weighted by atomic mass is 10.6. The molecule has 12 heteroatoms. The van der Waals surface area contributed by atoms with Crippen molar-refractivity contribution in [3.05, 3.63) is 0 Å². The van der Waals surface area contributed by atoms with Crippen molar-refractivity contribution in [1.29, 1.82) is 0 Å². The average molecular weight is 565 g/mol. The lowest BCUT2D eigenvalue weighted by Gasteiger charge is -2.09. The summed E-state index contributed by atoms with van der Waals surface area (Å²) in [5.41, 5.74) is 0. The predicted octanol–water partition coefficient (Wildman–Crippen LogP) is 0.540. The maximum atomic E-state index is 8.55. The topological polar surface area (TPSA) is 113 Å². The van der Waals surface area contributed by atoms with Crippen LogP contribution in [0, 0.1) is 0 Å². The fourth-order valence-electron chi connectivity index (χ4n) is 2.20. The molecule has 0 saturated heterocycles. The normalized spacial score (nSPS) is 11.5. The minimum atomic E-state index is 0.0295. The molecule has 0 fully saturated rings. The van der Waals surface area contributed by atoms with E-state index in [0.717, 1.165) is 5.33 Å². The lowest BCUT2D eigenvalue weighted by molar-refractivity contribution is -0.0266. The van der Waals surface area contributed by atoms with Crippen LogP contribution in [0.5, 0.6) is 0 Å². The van der Waals surface area contributed by atoms with Crippen LogP contribution in [0.25, 0.3) is 0 Å². The highest BCUT2D eigenvalue weighted by molar-refractivity contribution is 9.09. The Hall–Kier alpha value is 0.0400. The molecule has 0 amide bonds. The Bertz CT molecular complexity index is 325. The number of aliphatic hydroxyl groups is 1. The monoisotopic (exact) mass is 564 g/mol. The van der Waals surface area contributed by atoms with Gasteiger partial charge in [0.25, 0.3) is 0 Å². The van der Waals surface area contributed by atoms with Crippen LogP contribution in [-0.2, 0) is 47.4 Å². The molecule has 0 aromatic heterocycles. The van der Waals surface area contributed by atoms with Gasteiger partial charge in [-0.15, -0.1) is 0 Å². The molecule has 0 aromatic rings. The van der Waals surface area contributed by atoms with Crippen molar-refractivity contribution in [2.45, 2.75) is 0 Å². The second-order valence-electron chi connectivity index (χ2n) is 6.54. The maximum Gasteiger partial charge on any atom is 0.0701 e. The van der Waals surface area contributed by atoms with Gasteiger partial charge in [-0.05, 0) is 0 Å². The second-order valence-corrected chi connectivity index (χ2v) is 7.33. The zero-order chi connectivity index (χ0) is 24.6. The first-order valence-electron chi connectivity index (χ1n) is 11.9. The molecule has 0 unspecified atom stereocenters. The summed E-state index contributed by atoms with van der Waals surface area (Å²) in [6, 6.07) is 0. The first-order chi connectivity index (χ1) is 16.9. The van der Waals surface area contributed by atoms with Crippen LogP contribution in [0.2, 0.25) is 0 Å². The maximum absolute atomic E-state index is 8.55. The Balaban J connectivity index is 2.99. The summed E-state index contributed by atoms with van der Waals surface area (Å²) in [7, 11) is 0. The van der Waals surface area contributed by atoms with E-state index in [1.807, 2.05) is 0 Å². The van der Waals surface area contributed by atoms with Gasteiger partial charge in [0.15, 0.2) is 0 Å². The van der Waals surface area contributed by atoms with Gasteiger partial charge in [-0.1, -0.05) is 15.9 Å². The Morgan fingerprint density at radius 1 is 0.294 bits per heavy atom. The summed E-state index contributed by atoms with van der Waals surface area (Å²) >= 11 is 3.29. The molecule has 0 spiro atoms. The van der Waals surface area contributed by atoms with Gasteiger partial charge in [0.2, 0.25) is 0 Å². The van der Waals surface area contributed by atoms with E-state index in [1.54, 1.807) is 0 Å². The number of halogens is 1. The SMILES string of the molecule is OCCOCCOCCOCCOCCOCCOCCOCCOCCOCCOCCBr. The molecule has 0 heterocycles. The van der Waals surface area contributed by atoms with E-state index in [4.69, 9.17) is 52.5 Å². The third kappa shape index (κ3) is 32.0. The van der Waals surface area contributed by atoms with E-state index < -0.39 is 0 Å². The van der Waals surface area contributed by atoms with E-state index >= 15 is 0 Å². The molecule has 0 atom stereocenters. The van der Waals surface area contributed by atoms with Crippen LogP contribution in [-0.4, -0.2) is 149 Å². The van der Waals surface area contributed by atoms with Crippen molar-refractivity contribution in [3.8, 4) is 0 Å². The molecule has 0 aliphatic heterocycles. The molecule has 0 aliphatic carbocycles. The summed E-state index contributed by atoms with van der Waals surface area (Å²) in [4.78, 5) is 0. The molecule has 34 heavy (non-hydrogen) atoms. The van der Waals surface area contributed by atoms with Crippen LogP contribution in [0.3, 0.4) is 0 Å². The van der Waals surface area contributed by atoms with Gasteiger partial charge < -0.3 is 52.5 Å². The molecular formula is C22H45BrO11. The first-order valence-corrected chi connectivity index (χ1v) is 13.0. The predicted molar refractivity (Wildman–Crippen MR) is 129 cm³/mol. The Morgan fingerprint density at radius 2 is 0.471 bits per heavy atom. The number of hydrogen-bond acceptors (Lipinski definition) is 11. The van der Waals surface area contributed by atoms with E-state index in [0.29, 0.717) is 132 Å². The summed E-state index contributed by atoms with van der Waals surface area (Å²) < 4.78 is 53.5. The highest BCUT2D eigenvalue weighted by Crippen LogP contribution is 1.87. The third-order valence-electron chi connectivity index (χ3n) is 3.81. The summed E-state index contributed by atoms with van der Waals surface area (Å²) in [6.07, 6.45) is 0. The zero-order valence-corrected chi connectivity index (χ0v) is 22.1. The van der Waals surface area contributed by atoms with E-state index in [-0.39, 0.29) is 6.61 Å². The summed E-state index contributed by atoms with van der Waals surface area (Å²) in [5, 5.41) is 9.39. The average Bonchev–Trinajstić information content (AvgIpc) is 2.85. The zero-order valence-electron chi connectivity index (χ0n) is 20.5. The van der Waals surface area contributed by atoms with E-state index in [9.17, 15) is 0 Å². The van der Waals surface area contributed by atoms with Crippen LogP contribution in [0.15, 0.2) is 0 Å². The smallest absolute Gasteiger partial charge is 0.0701 e. The second kappa shape index (κ2) is 33.0. The van der Waals surface area contributed by atoms with Crippen molar-refractivity contribution >= 4 is 15.9 Å². The number of ether oxygens (including phenoxy) is 10. The number of hydrogen-bond donors (Lipinski definition) is 1. The van der Waals surface area contributed by atoms with Gasteiger partial charge >= 0.3 is 0 Å². The van der Waals surface area contributed by atoms with Crippen molar-refractivity contribution in [2.24, 2.45) is 0 Å². The van der Waals surface area contributed by atoms with Crippen molar-refractivity contribution in [2.75, 3.05) is 144 Å². The Kier molecular flexibility index (Phi) is 33.1. The minimum Gasteiger partial charge on any atom is -0.394 e. The third-order valence-corrected chi connectivity index (χ3v) is 4.13. The van der Waals surface area contributed by atoms with E-state index in [2.05, 4.69) is 15.9 Å². The molecule has 0 saturated carbocycles. The van der Waals surface area contributed by atoms with E-state index in [1.165, 1.54) is 0 Å². The van der Waals surface area contributed by atoms with Crippen LogP contribution in [0.4, 0.5) is 0 Å². The van der Waals surface area contributed by atoms with Crippen LogP contribution < -0.4 is 0 Å². The molecule has 0 bridgehead atoms. The standard InChI is InChI=1S/C22H45BrO11/c23-1-3-25-5-7-27-9-11-29-13-15-31-17-19-33-21-22-34-20-18-32-16-14-30-12-10-28-8-6-26-4-2-24/h24H,1-22H2. The fourth-order valence-corrected chi connectivity index (χ4v) is 2.43. The fraction of sp³-hybridized carbons (Fsp3) is 1.00. The summed E-state index contributed by atoms with van der Waals surface area (Å²) in [5.74, 6) is 0. The number of alkyl halides is 1. The van der Waals surface area contributed by atoms with Gasteiger partial charge in [0.1, 0.15) is 0 Å². The van der Waals surface area contributed by atoms with Crippen LogP contribution in [0.1, 0.15) is 0 Å². The molecule has 1 N–H and O–H groups in total. The van der Waals surface area contributed by atoms with Gasteiger partial charge in [-0.3, -0.25) is 0 Å². The summed E-state index contributed by atoms with van der Waals surface area (Å²) in [6.45, 7) is 10.5. The van der Waals surface area contributed by atoms with Crippen molar-refractivity contribution in [1.82, 2.24) is 0 Å². The van der Waals surface area contributed by atoms with Gasteiger partial charge in [0.05, 0.1) is 139 Å². The Morgan fingerprint density at radius 3 is 0.647 bits per heavy atom. The highest BCUT2D eigenvalue weighted by Gasteiger charge is 1.95. The van der Waals surface area contributed by atoms with Gasteiger partial charge in [-0.25, -0.2) is 0 Å².